The highest BCUT2D eigenvalue weighted by atomic mass is 19.4. The number of carbonyl (C=O) groups is 1. The van der Waals surface area contributed by atoms with Gasteiger partial charge < -0.3 is 20.3 Å². The molecule has 9 nitrogen and oxygen atoms in total. The van der Waals surface area contributed by atoms with E-state index in [0.717, 1.165) is 12.3 Å². The summed E-state index contributed by atoms with van der Waals surface area (Å²) >= 11 is 0. The number of hydrogen-bond donors (Lipinski definition) is 3. The third-order valence-electron chi connectivity index (χ3n) is 3.21. The number of ether oxygens (including phenoxy) is 2. The Hall–Kier alpha value is -2.79. The van der Waals surface area contributed by atoms with Gasteiger partial charge in [-0.3, -0.25) is 4.98 Å². The van der Waals surface area contributed by atoms with Crippen LogP contribution in [-0.4, -0.2) is 50.9 Å². The number of rotatable bonds is 5. The molecule has 0 saturated heterocycles. The monoisotopic (exact) mass is 363 g/mol. The standard InChI is InChI=1S/C11H15N5O2.C2HF3O2/c1-17-10-13-7-8(12)14-11(16-9(7)15-10)18-5-4-6-2-3-6;3-2(4,5)1(6)7/h6H,2-5H2,1H3,(H3,12,13,14,15,16);(H,6,7). The summed E-state index contributed by atoms with van der Waals surface area (Å²) < 4.78 is 42.2. The largest absolute Gasteiger partial charge is 0.490 e. The number of halogens is 3. The van der Waals surface area contributed by atoms with Gasteiger partial charge in [0.25, 0.3) is 6.01 Å². The fraction of sp³-hybridized carbons (Fsp3) is 0.538. The molecule has 1 saturated carbocycles. The van der Waals surface area contributed by atoms with Crippen LogP contribution >= 0.6 is 0 Å². The Bertz CT molecular complexity index is 702. The molecule has 0 spiro atoms. The number of alkyl halides is 3. The topological polar surface area (TPSA) is 136 Å². The lowest BCUT2D eigenvalue weighted by atomic mass is 10.3. The Morgan fingerprint density at radius 1 is 1.36 bits per heavy atom. The van der Waals surface area contributed by atoms with E-state index in [4.69, 9.17) is 25.1 Å². The second-order valence-corrected chi connectivity index (χ2v) is 5.22. The number of methoxy groups -OCH3 is 1. The molecule has 1 aliphatic carbocycles. The molecule has 25 heavy (non-hydrogen) atoms. The molecule has 3 rings (SSSR count). The zero-order valence-electron chi connectivity index (χ0n) is 13.1. The van der Waals surface area contributed by atoms with Gasteiger partial charge in [0, 0.05) is 0 Å². The molecular weight excluding hydrogens is 347 g/mol. The van der Waals surface area contributed by atoms with Gasteiger partial charge in [0.05, 0.1) is 13.7 Å². The Morgan fingerprint density at radius 3 is 2.52 bits per heavy atom. The minimum atomic E-state index is -5.08. The van der Waals surface area contributed by atoms with Crippen LogP contribution in [0.5, 0.6) is 12.0 Å². The van der Waals surface area contributed by atoms with Crippen molar-refractivity contribution in [3.05, 3.63) is 0 Å². The molecule has 0 atom stereocenters. The number of aromatic nitrogens is 4. The van der Waals surface area contributed by atoms with E-state index >= 15 is 0 Å². The van der Waals surface area contributed by atoms with E-state index in [0.29, 0.717) is 30.0 Å². The highest BCUT2D eigenvalue weighted by Gasteiger charge is 2.38. The first kappa shape index (κ1) is 18.5. The highest BCUT2D eigenvalue weighted by Crippen LogP contribution is 2.32. The number of aromatic amines is 1. The summed E-state index contributed by atoms with van der Waals surface area (Å²) in [7, 11) is 1.50. The minimum absolute atomic E-state index is 0.257. The summed E-state index contributed by atoms with van der Waals surface area (Å²) in [5, 5.41) is 7.12. The molecule has 0 aromatic carbocycles. The van der Waals surface area contributed by atoms with Crippen molar-refractivity contribution in [1.29, 1.82) is 0 Å². The van der Waals surface area contributed by atoms with E-state index in [2.05, 4.69) is 19.9 Å². The third-order valence-corrected chi connectivity index (χ3v) is 3.21. The zero-order chi connectivity index (χ0) is 18.6. The van der Waals surface area contributed by atoms with Gasteiger partial charge in [-0.2, -0.15) is 28.1 Å². The molecular formula is C13H16F3N5O4. The van der Waals surface area contributed by atoms with E-state index in [-0.39, 0.29) is 6.01 Å². The number of anilines is 1. The molecule has 12 heteroatoms. The van der Waals surface area contributed by atoms with E-state index in [9.17, 15) is 13.2 Å². The third kappa shape index (κ3) is 5.36. The summed E-state index contributed by atoms with van der Waals surface area (Å²) in [6, 6.07) is 0.635. The predicted molar refractivity (Wildman–Crippen MR) is 78.3 cm³/mol. The van der Waals surface area contributed by atoms with Crippen molar-refractivity contribution in [2.45, 2.75) is 25.4 Å². The van der Waals surface area contributed by atoms with Crippen LogP contribution in [0.25, 0.3) is 11.5 Å². The summed E-state index contributed by atoms with van der Waals surface area (Å²) in [6.07, 6.45) is -1.40. The van der Waals surface area contributed by atoms with Crippen LogP contribution in [0.2, 0.25) is 0 Å². The van der Waals surface area contributed by atoms with E-state index < -0.39 is 12.1 Å². The molecule has 138 valence electrons. The van der Waals surface area contributed by atoms with E-state index in [1.807, 2.05) is 0 Å². The first-order valence-electron chi connectivity index (χ1n) is 7.20. The zero-order valence-corrected chi connectivity index (χ0v) is 13.1. The molecule has 4 N–H and O–H groups in total. The van der Waals surface area contributed by atoms with Crippen LogP contribution in [0.4, 0.5) is 19.0 Å². The number of fused-ring (bicyclic) bond motifs is 1. The predicted octanol–water partition coefficient (Wildman–Crippen LogP) is 1.71. The Labute approximate surface area is 139 Å². The number of nitrogens with two attached hydrogens (primary N) is 1. The molecule has 0 radical (unpaired) electrons. The molecule has 2 heterocycles. The number of imidazole rings is 1. The molecule has 1 fully saturated rings. The van der Waals surface area contributed by atoms with Crippen LogP contribution in [0.1, 0.15) is 19.3 Å². The number of aliphatic carboxylic acids is 1. The van der Waals surface area contributed by atoms with Crippen molar-refractivity contribution >= 4 is 11.8 Å². The number of nitrogens with one attached hydrogen (secondary N) is 1. The van der Waals surface area contributed by atoms with Crippen molar-refractivity contribution in [3.8, 4) is 23.5 Å². The molecule has 0 aromatic heterocycles. The maximum atomic E-state index is 10.6. The van der Waals surface area contributed by atoms with Crippen LogP contribution in [0, 0.1) is 5.92 Å². The number of hydrogen-bond acceptors (Lipinski definition) is 7. The quantitative estimate of drug-likeness (QED) is 0.730. The van der Waals surface area contributed by atoms with E-state index in [1.165, 1.54) is 20.0 Å². The van der Waals surface area contributed by atoms with Gasteiger partial charge in [0.15, 0.2) is 11.5 Å². The Morgan fingerprint density at radius 2 is 2.00 bits per heavy atom. The first-order valence-corrected chi connectivity index (χ1v) is 7.20. The Balaban J connectivity index is 0.000000277. The Kier molecular flexibility index (Phi) is 5.49. The second kappa shape index (κ2) is 7.40. The van der Waals surface area contributed by atoms with Gasteiger partial charge in [0.2, 0.25) is 0 Å². The summed E-state index contributed by atoms with van der Waals surface area (Å²) in [5.74, 6) is -1.11. The van der Waals surface area contributed by atoms with Gasteiger partial charge in [-0.1, -0.05) is 12.8 Å². The summed E-state index contributed by atoms with van der Waals surface area (Å²) in [5.41, 5.74) is 6.34. The van der Waals surface area contributed by atoms with Crippen molar-refractivity contribution < 1.29 is 32.5 Å². The van der Waals surface area contributed by atoms with Gasteiger partial charge >= 0.3 is 18.2 Å². The van der Waals surface area contributed by atoms with Gasteiger partial charge in [-0.15, -0.1) is 0 Å². The average molecular weight is 363 g/mol. The van der Waals surface area contributed by atoms with Crippen molar-refractivity contribution in [1.82, 2.24) is 19.9 Å². The molecule has 0 amide bonds. The first-order chi connectivity index (χ1) is 11.7. The maximum absolute atomic E-state index is 10.6. The SMILES string of the molecule is COc1nc2nc(OCCC3CC3)[nH]c(N)c-2n1.O=C(O)C(F)(F)F. The van der Waals surface area contributed by atoms with Gasteiger partial charge in [0.1, 0.15) is 5.82 Å². The molecule has 0 bridgehead atoms. The molecule has 2 aliphatic heterocycles. The van der Waals surface area contributed by atoms with Crippen molar-refractivity contribution in [2.75, 3.05) is 19.5 Å². The molecule has 0 aromatic rings. The maximum Gasteiger partial charge on any atom is 0.490 e. The van der Waals surface area contributed by atoms with Crippen molar-refractivity contribution in [3.63, 3.8) is 0 Å². The van der Waals surface area contributed by atoms with Crippen LogP contribution in [-0.2, 0) is 4.79 Å². The van der Waals surface area contributed by atoms with Gasteiger partial charge in [-0.25, -0.2) is 4.79 Å². The smallest absolute Gasteiger partial charge is 0.475 e. The van der Waals surface area contributed by atoms with Crippen LogP contribution < -0.4 is 15.2 Å². The number of carboxylic acid groups (broad SMARTS) is 1. The lowest BCUT2D eigenvalue weighted by Crippen LogP contribution is -2.21. The summed E-state index contributed by atoms with van der Waals surface area (Å²) in [6.45, 7) is 0.643. The summed E-state index contributed by atoms with van der Waals surface area (Å²) in [4.78, 5) is 24.1. The fourth-order valence-electron chi connectivity index (χ4n) is 1.76. The average Bonchev–Trinajstić information content (AvgIpc) is 3.24. The second-order valence-electron chi connectivity index (χ2n) is 5.22. The minimum Gasteiger partial charge on any atom is -0.475 e. The van der Waals surface area contributed by atoms with E-state index in [1.54, 1.807) is 0 Å². The lowest BCUT2D eigenvalue weighted by molar-refractivity contribution is -0.192. The lowest BCUT2D eigenvalue weighted by Gasteiger charge is -2.07. The number of nitrogens with zero attached hydrogens (tertiary/aromatic N) is 3. The van der Waals surface area contributed by atoms with Crippen molar-refractivity contribution in [2.24, 2.45) is 5.92 Å². The number of carboxylic acids is 1. The molecule has 0 unspecified atom stereocenters. The van der Waals surface area contributed by atoms with Crippen LogP contribution in [0.3, 0.4) is 0 Å². The number of H-pyrrole nitrogens is 1. The fourth-order valence-corrected chi connectivity index (χ4v) is 1.76. The van der Waals surface area contributed by atoms with Gasteiger partial charge in [-0.05, 0) is 12.3 Å². The normalized spacial score (nSPS) is 13.9. The highest BCUT2D eigenvalue weighted by molar-refractivity contribution is 5.73. The number of nitrogen functional groups attached to an aromatic ring is 1. The van der Waals surface area contributed by atoms with Crippen LogP contribution in [0.15, 0.2) is 0 Å². The molecule has 3 aliphatic rings.